The van der Waals surface area contributed by atoms with Crippen molar-refractivity contribution < 1.29 is 14.3 Å². The molecule has 1 aliphatic rings. The minimum atomic E-state index is -0.702. The molecule has 4 heteroatoms. The molecule has 134 valence electrons. The molecule has 0 unspecified atom stereocenters. The van der Waals surface area contributed by atoms with E-state index in [0.29, 0.717) is 5.92 Å². The molecule has 0 heterocycles. The summed E-state index contributed by atoms with van der Waals surface area (Å²) in [6.45, 7) is 10.2. The van der Waals surface area contributed by atoms with Crippen LogP contribution in [-0.2, 0) is 9.53 Å². The Morgan fingerprint density at radius 3 is 2.42 bits per heavy atom. The number of methoxy groups -OCH3 is 1. The second-order valence-electron chi connectivity index (χ2n) is 7.46. The van der Waals surface area contributed by atoms with Gasteiger partial charge < -0.3 is 14.8 Å². The molecule has 1 aliphatic carbocycles. The molecular weight excluding hydrogens is 302 g/mol. The third kappa shape index (κ3) is 4.10. The number of hydrogen-bond acceptors (Lipinski definition) is 3. The lowest BCUT2D eigenvalue weighted by atomic mass is 9.78. The first kappa shape index (κ1) is 18.8. The Morgan fingerprint density at radius 2 is 1.92 bits per heavy atom. The Balaban J connectivity index is 2.19. The summed E-state index contributed by atoms with van der Waals surface area (Å²) in [5.74, 6) is 1.37. The molecule has 24 heavy (non-hydrogen) atoms. The molecule has 0 spiro atoms. The summed E-state index contributed by atoms with van der Waals surface area (Å²) in [6.07, 6.45) is 3.89. The molecular formula is C20H31NO3. The van der Waals surface area contributed by atoms with Gasteiger partial charge in [0.25, 0.3) is 5.91 Å². The summed E-state index contributed by atoms with van der Waals surface area (Å²) in [5.41, 5.74) is 2.16. The van der Waals surface area contributed by atoms with Gasteiger partial charge in [-0.15, -0.1) is 0 Å². The number of hydrogen-bond donors (Lipinski definition) is 1. The zero-order chi connectivity index (χ0) is 17.9. The predicted molar refractivity (Wildman–Crippen MR) is 97.7 cm³/mol. The lowest BCUT2D eigenvalue weighted by molar-refractivity contribution is -0.143. The van der Waals surface area contributed by atoms with E-state index < -0.39 is 5.60 Å². The van der Waals surface area contributed by atoms with E-state index in [0.717, 1.165) is 48.2 Å². The fourth-order valence-electron chi connectivity index (χ4n) is 3.68. The van der Waals surface area contributed by atoms with Gasteiger partial charge in [-0.2, -0.15) is 0 Å². The number of amides is 1. The highest BCUT2D eigenvalue weighted by molar-refractivity contribution is 5.97. The second kappa shape index (κ2) is 7.56. The molecule has 0 radical (unpaired) electrons. The average molecular weight is 333 g/mol. The molecule has 1 aromatic carbocycles. The maximum Gasteiger partial charge on any atom is 0.256 e. The lowest BCUT2D eigenvalue weighted by Crippen LogP contribution is -2.47. The second-order valence-corrected chi connectivity index (χ2v) is 7.46. The monoisotopic (exact) mass is 333 g/mol. The summed E-state index contributed by atoms with van der Waals surface area (Å²) < 4.78 is 11.6. The van der Waals surface area contributed by atoms with Gasteiger partial charge in [-0.05, 0) is 76.1 Å². The van der Waals surface area contributed by atoms with Crippen molar-refractivity contribution in [1.29, 1.82) is 0 Å². The summed E-state index contributed by atoms with van der Waals surface area (Å²) >= 11 is 0. The molecule has 1 amide bonds. The van der Waals surface area contributed by atoms with Crippen LogP contribution in [-0.4, -0.2) is 24.7 Å². The van der Waals surface area contributed by atoms with Crippen LogP contribution in [0.3, 0.4) is 0 Å². The summed E-state index contributed by atoms with van der Waals surface area (Å²) in [6, 6.07) is 3.94. The van der Waals surface area contributed by atoms with Crippen LogP contribution >= 0.6 is 0 Å². The SMILES string of the molecule is CO[C@@]1(C(=O)Nc2cc(C)c(OC(C)C)c(C)c2)CCC[C@H](C)C1. The Labute approximate surface area is 145 Å². The van der Waals surface area contributed by atoms with E-state index in [1.807, 2.05) is 39.8 Å². The molecule has 1 aromatic rings. The fourth-order valence-corrected chi connectivity index (χ4v) is 3.68. The first-order chi connectivity index (χ1) is 11.3. The molecule has 2 rings (SSSR count). The molecule has 1 fully saturated rings. The van der Waals surface area contributed by atoms with Crippen LogP contribution in [0.2, 0.25) is 0 Å². The number of nitrogens with one attached hydrogen (secondary N) is 1. The molecule has 0 aliphatic heterocycles. The van der Waals surface area contributed by atoms with Gasteiger partial charge in [-0.1, -0.05) is 13.3 Å². The van der Waals surface area contributed by atoms with Gasteiger partial charge in [0.2, 0.25) is 0 Å². The first-order valence-electron chi connectivity index (χ1n) is 8.92. The van der Waals surface area contributed by atoms with Gasteiger partial charge in [0.1, 0.15) is 11.4 Å². The molecule has 4 nitrogen and oxygen atoms in total. The van der Waals surface area contributed by atoms with Crippen LogP contribution in [0.4, 0.5) is 5.69 Å². The van der Waals surface area contributed by atoms with Gasteiger partial charge in [0.15, 0.2) is 0 Å². The standard InChI is InChI=1S/C20H31NO3/c1-13(2)24-18-15(4)10-17(11-16(18)5)21-19(22)20(23-6)9-7-8-14(3)12-20/h10-11,13-14H,7-9,12H2,1-6H3,(H,21,22)/t14-,20-/m0/s1. The topological polar surface area (TPSA) is 47.6 Å². The van der Waals surface area contributed by atoms with Gasteiger partial charge in [0.05, 0.1) is 6.10 Å². The van der Waals surface area contributed by atoms with Gasteiger partial charge >= 0.3 is 0 Å². The van der Waals surface area contributed by atoms with E-state index in [-0.39, 0.29) is 12.0 Å². The number of carbonyl (C=O) groups excluding carboxylic acids is 1. The van der Waals surface area contributed by atoms with E-state index in [4.69, 9.17) is 9.47 Å². The molecule has 0 saturated heterocycles. The van der Waals surface area contributed by atoms with Crippen molar-refractivity contribution in [3.8, 4) is 5.75 Å². The zero-order valence-electron chi connectivity index (χ0n) is 15.9. The van der Waals surface area contributed by atoms with Crippen molar-refractivity contribution >= 4 is 11.6 Å². The largest absolute Gasteiger partial charge is 0.490 e. The van der Waals surface area contributed by atoms with Crippen molar-refractivity contribution in [2.75, 3.05) is 12.4 Å². The number of anilines is 1. The Kier molecular flexibility index (Phi) is 5.92. The zero-order valence-corrected chi connectivity index (χ0v) is 15.9. The first-order valence-corrected chi connectivity index (χ1v) is 8.92. The van der Waals surface area contributed by atoms with Gasteiger partial charge in [0, 0.05) is 12.8 Å². The Hall–Kier alpha value is -1.55. The summed E-state index contributed by atoms with van der Waals surface area (Å²) in [7, 11) is 1.65. The Bertz CT molecular complexity index is 574. The van der Waals surface area contributed by atoms with E-state index in [2.05, 4.69) is 12.2 Å². The van der Waals surface area contributed by atoms with E-state index >= 15 is 0 Å². The van der Waals surface area contributed by atoms with Crippen LogP contribution in [0.25, 0.3) is 0 Å². The van der Waals surface area contributed by atoms with Crippen LogP contribution < -0.4 is 10.1 Å². The van der Waals surface area contributed by atoms with Crippen molar-refractivity contribution in [2.45, 2.75) is 72.0 Å². The quantitative estimate of drug-likeness (QED) is 0.855. The number of rotatable bonds is 5. The molecule has 0 aromatic heterocycles. The molecule has 1 N–H and O–H groups in total. The highest BCUT2D eigenvalue weighted by Crippen LogP contribution is 2.36. The number of ether oxygens (including phenoxy) is 2. The number of aryl methyl sites for hydroxylation is 2. The van der Waals surface area contributed by atoms with Crippen LogP contribution in [0.5, 0.6) is 5.75 Å². The molecule has 0 bridgehead atoms. The summed E-state index contributed by atoms with van der Waals surface area (Å²) in [4.78, 5) is 12.9. The smallest absolute Gasteiger partial charge is 0.256 e. The van der Waals surface area contributed by atoms with Gasteiger partial charge in [-0.3, -0.25) is 4.79 Å². The third-order valence-corrected chi connectivity index (χ3v) is 4.83. The van der Waals surface area contributed by atoms with E-state index in [9.17, 15) is 4.79 Å². The van der Waals surface area contributed by atoms with Gasteiger partial charge in [-0.25, -0.2) is 0 Å². The summed E-state index contributed by atoms with van der Waals surface area (Å²) in [5, 5.41) is 3.07. The average Bonchev–Trinajstić information content (AvgIpc) is 2.50. The highest BCUT2D eigenvalue weighted by atomic mass is 16.5. The number of carbonyl (C=O) groups is 1. The predicted octanol–water partition coefficient (Wildman–Crippen LogP) is 4.62. The lowest BCUT2D eigenvalue weighted by Gasteiger charge is -2.37. The highest BCUT2D eigenvalue weighted by Gasteiger charge is 2.42. The van der Waals surface area contributed by atoms with E-state index in [1.54, 1.807) is 7.11 Å². The Morgan fingerprint density at radius 1 is 1.29 bits per heavy atom. The molecule has 1 saturated carbocycles. The van der Waals surface area contributed by atoms with Crippen molar-refractivity contribution in [3.05, 3.63) is 23.3 Å². The van der Waals surface area contributed by atoms with Crippen molar-refractivity contribution in [3.63, 3.8) is 0 Å². The minimum Gasteiger partial charge on any atom is -0.490 e. The van der Waals surface area contributed by atoms with E-state index in [1.165, 1.54) is 0 Å². The minimum absolute atomic E-state index is 0.0344. The normalized spacial score (nSPS) is 24.0. The maximum atomic E-state index is 12.9. The van der Waals surface area contributed by atoms with Crippen LogP contribution in [0, 0.1) is 19.8 Å². The number of benzene rings is 1. The fraction of sp³-hybridized carbons (Fsp3) is 0.650. The van der Waals surface area contributed by atoms with Crippen molar-refractivity contribution in [1.82, 2.24) is 0 Å². The van der Waals surface area contributed by atoms with Crippen LogP contribution in [0.15, 0.2) is 12.1 Å². The van der Waals surface area contributed by atoms with Crippen molar-refractivity contribution in [2.24, 2.45) is 5.92 Å². The van der Waals surface area contributed by atoms with Crippen LogP contribution in [0.1, 0.15) is 57.6 Å². The third-order valence-electron chi connectivity index (χ3n) is 4.83. The maximum absolute atomic E-state index is 12.9. The molecule has 2 atom stereocenters.